The van der Waals surface area contributed by atoms with Crippen LogP contribution in [0.4, 0.5) is 12.9 Å². The Balaban J connectivity index is 2.60. The quantitative estimate of drug-likeness (QED) is 0.696. The molecule has 0 N–H and O–H groups in total. The molecule has 1 aromatic rings. The summed E-state index contributed by atoms with van der Waals surface area (Å²) in [4.78, 5) is 3.70. The average Bonchev–Trinajstić information content (AvgIpc) is 2.01. The Kier molecular flexibility index (Phi) is 3.19. The fraction of sp³-hybridized carbons (Fsp3) is 0.286. The first-order valence-electron chi connectivity index (χ1n) is 3.78. The van der Waals surface area contributed by atoms with Gasteiger partial charge in [-0.1, -0.05) is 17.9 Å². The maximum atomic E-state index is 11.9. The Hall–Kier alpha value is -0.705. The third kappa shape index (κ3) is 3.68. The summed E-state index contributed by atoms with van der Waals surface area (Å²) in [5, 5.41) is 0.343. The standard InChI is InChI=1S/C7H7BClF3N/c9-7-2-4-13-5-6(7)1-3-8(10,11)12/h2,4-5H,1,3H2/q-1. The molecule has 1 nitrogen and oxygen atoms in total. The molecule has 13 heavy (non-hydrogen) atoms. The molecule has 0 unspecified atom stereocenters. The van der Waals surface area contributed by atoms with Gasteiger partial charge in [0, 0.05) is 17.4 Å². The largest absolute Gasteiger partial charge is 0.478 e. The molecule has 0 atom stereocenters. The number of hydrogen-bond donors (Lipinski definition) is 0. The van der Waals surface area contributed by atoms with Crippen molar-refractivity contribution >= 4 is 18.6 Å². The van der Waals surface area contributed by atoms with Crippen molar-refractivity contribution in [2.45, 2.75) is 12.7 Å². The summed E-state index contributed by atoms with van der Waals surface area (Å²) >= 11 is 5.65. The highest BCUT2D eigenvalue weighted by Gasteiger charge is 2.22. The third-order valence-corrected chi connectivity index (χ3v) is 1.95. The lowest BCUT2D eigenvalue weighted by molar-refractivity contribution is 0.467. The number of rotatable bonds is 3. The van der Waals surface area contributed by atoms with Crippen LogP contribution in [0.2, 0.25) is 11.3 Å². The number of pyridine rings is 1. The third-order valence-electron chi connectivity index (χ3n) is 1.59. The van der Waals surface area contributed by atoms with Gasteiger partial charge < -0.3 is 12.9 Å². The molecule has 0 saturated carbocycles. The van der Waals surface area contributed by atoms with E-state index in [1.54, 1.807) is 0 Å². The molecular weight excluding hydrogens is 201 g/mol. The van der Waals surface area contributed by atoms with Gasteiger partial charge in [-0.15, -0.1) is 0 Å². The monoisotopic (exact) mass is 208 g/mol. The maximum absolute atomic E-state index is 11.9. The molecule has 0 spiro atoms. The summed E-state index contributed by atoms with van der Waals surface area (Å²) in [7, 11) is 0. The second-order valence-corrected chi connectivity index (χ2v) is 3.12. The summed E-state index contributed by atoms with van der Waals surface area (Å²) < 4.78 is 35.6. The van der Waals surface area contributed by atoms with Gasteiger partial charge in [0.05, 0.1) is 0 Å². The number of aryl methyl sites for hydroxylation is 1. The second-order valence-electron chi connectivity index (χ2n) is 2.72. The van der Waals surface area contributed by atoms with Crippen LogP contribution >= 0.6 is 11.6 Å². The molecule has 0 radical (unpaired) electrons. The molecule has 1 heterocycles. The van der Waals surface area contributed by atoms with E-state index in [0.717, 1.165) is 0 Å². The first-order valence-corrected chi connectivity index (χ1v) is 4.16. The van der Waals surface area contributed by atoms with Crippen molar-refractivity contribution in [1.29, 1.82) is 0 Å². The highest BCUT2D eigenvalue weighted by molar-refractivity contribution is 6.58. The van der Waals surface area contributed by atoms with Crippen LogP contribution in [-0.2, 0) is 6.42 Å². The van der Waals surface area contributed by atoms with Crippen molar-refractivity contribution in [3.63, 3.8) is 0 Å². The molecule has 0 aliphatic rings. The SMILES string of the molecule is F[B-](F)(F)CCc1cnccc1Cl. The van der Waals surface area contributed by atoms with Gasteiger partial charge in [0.2, 0.25) is 0 Å². The molecule has 0 fully saturated rings. The van der Waals surface area contributed by atoms with E-state index in [1.807, 2.05) is 0 Å². The summed E-state index contributed by atoms with van der Waals surface area (Å²) in [6.45, 7) is -4.73. The van der Waals surface area contributed by atoms with Gasteiger partial charge in [-0.3, -0.25) is 4.98 Å². The number of halogens is 4. The molecule has 1 rings (SSSR count). The highest BCUT2D eigenvalue weighted by atomic mass is 35.5. The normalized spacial score (nSPS) is 11.7. The number of nitrogens with zero attached hydrogens (tertiary/aromatic N) is 1. The van der Waals surface area contributed by atoms with E-state index < -0.39 is 13.3 Å². The first-order chi connectivity index (χ1) is 5.99. The highest BCUT2D eigenvalue weighted by Crippen LogP contribution is 2.21. The number of aromatic nitrogens is 1. The molecule has 6 heteroatoms. The molecular formula is C7H7BClF3N-. The smallest absolute Gasteiger partial charge is 0.449 e. The zero-order chi connectivity index (χ0) is 9.90. The topological polar surface area (TPSA) is 12.9 Å². The fourth-order valence-corrected chi connectivity index (χ4v) is 1.11. The van der Waals surface area contributed by atoms with Gasteiger partial charge in [-0.25, -0.2) is 0 Å². The summed E-state index contributed by atoms with van der Waals surface area (Å²) in [6.07, 6.45) is 1.93. The molecule has 0 aliphatic heterocycles. The van der Waals surface area contributed by atoms with Crippen molar-refractivity contribution in [3.8, 4) is 0 Å². The minimum absolute atomic E-state index is 0.0871. The predicted molar refractivity (Wildman–Crippen MR) is 46.8 cm³/mol. The van der Waals surface area contributed by atoms with Crippen molar-refractivity contribution < 1.29 is 12.9 Å². The van der Waals surface area contributed by atoms with Crippen LogP contribution in [-0.4, -0.2) is 12.0 Å². The lowest BCUT2D eigenvalue weighted by Gasteiger charge is -2.13. The Morgan fingerprint density at radius 2 is 2.08 bits per heavy atom. The maximum Gasteiger partial charge on any atom is 0.478 e. The van der Waals surface area contributed by atoms with Gasteiger partial charge in [0.15, 0.2) is 0 Å². The van der Waals surface area contributed by atoms with E-state index in [1.165, 1.54) is 18.5 Å². The van der Waals surface area contributed by atoms with Crippen molar-refractivity contribution in [2.75, 3.05) is 0 Å². The second kappa shape index (κ2) is 4.00. The van der Waals surface area contributed by atoms with Crippen molar-refractivity contribution in [1.82, 2.24) is 4.98 Å². The Labute approximate surface area is 79.0 Å². The lowest BCUT2D eigenvalue weighted by atomic mass is 9.83. The van der Waals surface area contributed by atoms with Crippen LogP contribution in [0.15, 0.2) is 18.5 Å². The average molecular weight is 208 g/mol. The van der Waals surface area contributed by atoms with E-state index in [9.17, 15) is 12.9 Å². The van der Waals surface area contributed by atoms with Gasteiger partial charge in [-0.05, 0) is 18.1 Å². The van der Waals surface area contributed by atoms with Gasteiger partial charge in [0.25, 0.3) is 0 Å². The fourth-order valence-electron chi connectivity index (χ4n) is 0.913. The van der Waals surface area contributed by atoms with E-state index in [2.05, 4.69) is 4.98 Å². The van der Waals surface area contributed by atoms with Crippen LogP contribution in [0.25, 0.3) is 0 Å². The summed E-state index contributed by atoms with van der Waals surface area (Å²) in [5.74, 6) is 0. The number of hydrogen-bond acceptors (Lipinski definition) is 1. The Morgan fingerprint density at radius 3 is 2.62 bits per heavy atom. The van der Waals surface area contributed by atoms with Crippen LogP contribution in [0, 0.1) is 0 Å². The minimum Gasteiger partial charge on any atom is -0.449 e. The molecule has 0 aromatic carbocycles. The molecule has 0 saturated heterocycles. The van der Waals surface area contributed by atoms with Gasteiger partial charge in [-0.2, -0.15) is 0 Å². The molecule has 0 amide bonds. The summed E-state index contributed by atoms with van der Waals surface area (Å²) in [5.41, 5.74) is 0.448. The molecule has 1 aromatic heterocycles. The van der Waals surface area contributed by atoms with Gasteiger partial charge in [0.1, 0.15) is 0 Å². The van der Waals surface area contributed by atoms with Crippen LogP contribution in [0.3, 0.4) is 0 Å². The van der Waals surface area contributed by atoms with Crippen LogP contribution < -0.4 is 0 Å². The Bertz CT molecular complexity index is 289. The zero-order valence-corrected chi connectivity index (χ0v) is 7.44. The van der Waals surface area contributed by atoms with Crippen LogP contribution in [0.5, 0.6) is 0 Å². The predicted octanol–water partition coefficient (Wildman–Crippen LogP) is 3.12. The van der Waals surface area contributed by atoms with Gasteiger partial charge >= 0.3 is 6.98 Å². The van der Waals surface area contributed by atoms with E-state index in [-0.39, 0.29) is 6.42 Å². The van der Waals surface area contributed by atoms with Crippen molar-refractivity contribution in [2.24, 2.45) is 0 Å². The summed E-state index contributed by atoms with van der Waals surface area (Å²) in [6, 6.07) is 1.49. The van der Waals surface area contributed by atoms with Crippen molar-refractivity contribution in [3.05, 3.63) is 29.0 Å². The molecule has 0 bridgehead atoms. The molecule has 0 aliphatic carbocycles. The minimum atomic E-state index is -4.73. The van der Waals surface area contributed by atoms with E-state index in [0.29, 0.717) is 10.6 Å². The lowest BCUT2D eigenvalue weighted by Crippen LogP contribution is -2.15. The van der Waals surface area contributed by atoms with Crippen LogP contribution in [0.1, 0.15) is 5.56 Å². The Morgan fingerprint density at radius 1 is 1.38 bits per heavy atom. The van der Waals surface area contributed by atoms with E-state index in [4.69, 9.17) is 11.6 Å². The van der Waals surface area contributed by atoms with E-state index >= 15 is 0 Å². The molecule has 72 valence electrons. The zero-order valence-electron chi connectivity index (χ0n) is 6.68. The first kappa shape index (κ1) is 10.4.